The molecule has 0 aliphatic carbocycles. The molecule has 0 radical (unpaired) electrons. The van der Waals surface area contributed by atoms with Crippen LogP contribution in [0.15, 0.2) is 59.8 Å². The van der Waals surface area contributed by atoms with Crippen LogP contribution in [0.4, 0.5) is 8.78 Å². The molecule has 0 unspecified atom stereocenters. The monoisotopic (exact) mass is 386 g/mol. The Morgan fingerprint density at radius 3 is 2.07 bits per heavy atom. The molecule has 3 rings (SSSR count). The lowest BCUT2D eigenvalue weighted by atomic mass is 9.92. The van der Waals surface area contributed by atoms with Gasteiger partial charge >= 0.3 is 0 Å². The number of hydrogen-bond donors (Lipinski definition) is 0. The van der Waals surface area contributed by atoms with Gasteiger partial charge in [-0.1, -0.05) is 44.7 Å². The quantitative estimate of drug-likeness (QED) is 0.390. The Balaban J connectivity index is 1.83. The van der Waals surface area contributed by atoms with Crippen molar-refractivity contribution in [1.29, 1.82) is 0 Å². The predicted molar refractivity (Wildman–Crippen MR) is 103 cm³/mol. The Hall–Kier alpha value is -2.47. The van der Waals surface area contributed by atoms with Gasteiger partial charge in [-0.3, -0.25) is 0 Å². The van der Waals surface area contributed by atoms with Crippen LogP contribution in [0.2, 0.25) is 0 Å². The van der Waals surface area contributed by atoms with Gasteiger partial charge in [0.1, 0.15) is 17.4 Å². The first-order valence-electron chi connectivity index (χ1n) is 8.50. The highest BCUT2D eigenvalue weighted by atomic mass is 32.2. The van der Waals surface area contributed by atoms with Gasteiger partial charge in [-0.05, 0) is 42.0 Å². The van der Waals surface area contributed by atoms with E-state index < -0.39 is 0 Å². The molecular weight excluding hydrogens is 366 g/mol. The molecular formula is C21H20F2N2OS. The average Bonchev–Trinajstić information content (AvgIpc) is 2.62. The maximum absolute atomic E-state index is 13.1. The van der Waals surface area contributed by atoms with Crippen molar-refractivity contribution in [2.24, 2.45) is 0 Å². The fourth-order valence-electron chi connectivity index (χ4n) is 2.26. The van der Waals surface area contributed by atoms with Crippen LogP contribution in [0, 0.1) is 11.6 Å². The zero-order valence-corrected chi connectivity index (χ0v) is 16.2. The summed E-state index contributed by atoms with van der Waals surface area (Å²) in [5, 5.41) is 0.573. The first-order valence-corrected chi connectivity index (χ1v) is 9.48. The second-order valence-electron chi connectivity index (χ2n) is 7.10. The highest BCUT2D eigenvalue weighted by Crippen LogP contribution is 2.30. The van der Waals surface area contributed by atoms with Crippen molar-refractivity contribution in [2.75, 3.05) is 0 Å². The lowest BCUT2D eigenvalue weighted by molar-refractivity contribution is 0.445. The second kappa shape index (κ2) is 8.05. The van der Waals surface area contributed by atoms with Crippen molar-refractivity contribution in [3.05, 3.63) is 77.5 Å². The molecule has 0 aliphatic heterocycles. The van der Waals surface area contributed by atoms with Crippen molar-refractivity contribution < 1.29 is 13.5 Å². The Morgan fingerprint density at radius 1 is 0.889 bits per heavy atom. The smallest absolute Gasteiger partial charge is 0.223 e. The second-order valence-corrected chi connectivity index (χ2v) is 8.04. The van der Waals surface area contributed by atoms with Gasteiger partial charge in [-0.2, -0.15) is 4.98 Å². The van der Waals surface area contributed by atoms with Gasteiger partial charge < -0.3 is 4.74 Å². The molecule has 1 aromatic heterocycles. The summed E-state index contributed by atoms with van der Waals surface area (Å²) in [5.41, 5.74) is 1.64. The first-order chi connectivity index (χ1) is 12.8. The van der Waals surface area contributed by atoms with E-state index in [1.54, 1.807) is 30.3 Å². The third-order valence-electron chi connectivity index (χ3n) is 3.77. The molecule has 6 heteroatoms. The molecule has 3 nitrogen and oxygen atoms in total. The van der Waals surface area contributed by atoms with E-state index in [1.165, 1.54) is 36.0 Å². The third kappa shape index (κ3) is 5.50. The van der Waals surface area contributed by atoms with Gasteiger partial charge in [-0.15, -0.1) is 0 Å². The van der Waals surface area contributed by atoms with E-state index in [0.717, 1.165) is 11.3 Å². The number of hydrogen-bond acceptors (Lipinski definition) is 4. The van der Waals surface area contributed by atoms with E-state index in [1.807, 2.05) is 0 Å². The molecule has 0 saturated heterocycles. The molecule has 140 valence electrons. The zero-order chi connectivity index (χ0) is 19.4. The summed E-state index contributed by atoms with van der Waals surface area (Å²) >= 11 is 1.45. The van der Waals surface area contributed by atoms with Gasteiger partial charge in [0.2, 0.25) is 5.88 Å². The summed E-state index contributed by atoms with van der Waals surface area (Å²) in [6, 6.07) is 13.9. The highest BCUT2D eigenvalue weighted by molar-refractivity contribution is 7.98. The average molecular weight is 386 g/mol. The standard InChI is InChI=1S/C21H20F2N2OS/c1-21(2,3)18-12-19(26-17-10-8-16(23)9-11-17)25-20(24-18)27-13-14-4-6-15(22)7-5-14/h4-12H,13H2,1-3H3. The van der Waals surface area contributed by atoms with Crippen molar-refractivity contribution in [3.8, 4) is 11.6 Å². The normalized spacial score (nSPS) is 11.4. The number of ether oxygens (including phenoxy) is 1. The number of thioether (sulfide) groups is 1. The van der Waals surface area contributed by atoms with Crippen LogP contribution < -0.4 is 4.74 Å². The fraction of sp³-hybridized carbons (Fsp3) is 0.238. The Labute approximate surface area is 161 Å². The van der Waals surface area contributed by atoms with Gasteiger partial charge in [0.05, 0.1) is 5.69 Å². The van der Waals surface area contributed by atoms with E-state index in [2.05, 4.69) is 30.7 Å². The van der Waals surface area contributed by atoms with Crippen LogP contribution >= 0.6 is 11.8 Å². The Kier molecular flexibility index (Phi) is 5.75. The first kappa shape index (κ1) is 19.3. The molecule has 27 heavy (non-hydrogen) atoms. The molecule has 1 heterocycles. The third-order valence-corrected chi connectivity index (χ3v) is 4.69. The number of halogens is 2. The summed E-state index contributed by atoms with van der Waals surface area (Å²) in [4.78, 5) is 9.09. The largest absolute Gasteiger partial charge is 0.439 e. The Bertz CT molecular complexity index is 907. The summed E-state index contributed by atoms with van der Waals surface area (Å²) in [6.07, 6.45) is 0. The van der Waals surface area contributed by atoms with Gasteiger partial charge in [-0.25, -0.2) is 13.8 Å². The minimum Gasteiger partial charge on any atom is -0.439 e. The van der Waals surface area contributed by atoms with Crippen molar-refractivity contribution in [2.45, 2.75) is 37.1 Å². The van der Waals surface area contributed by atoms with E-state index in [4.69, 9.17) is 4.74 Å². The molecule has 0 spiro atoms. The maximum Gasteiger partial charge on any atom is 0.223 e. The summed E-state index contributed by atoms with van der Waals surface area (Å²) in [7, 11) is 0. The predicted octanol–water partition coefficient (Wildman–Crippen LogP) is 6.14. The molecule has 0 saturated carbocycles. The minimum absolute atomic E-state index is 0.185. The zero-order valence-electron chi connectivity index (χ0n) is 15.4. The summed E-state index contributed by atoms with van der Waals surface area (Å²) in [5.74, 6) is 0.942. The highest BCUT2D eigenvalue weighted by Gasteiger charge is 2.19. The van der Waals surface area contributed by atoms with Crippen LogP contribution in [0.1, 0.15) is 32.0 Å². The molecule has 3 aromatic rings. The van der Waals surface area contributed by atoms with Crippen molar-refractivity contribution >= 4 is 11.8 Å². The van der Waals surface area contributed by atoms with Gasteiger partial charge in [0, 0.05) is 17.2 Å². The lowest BCUT2D eigenvalue weighted by Crippen LogP contribution is -2.14. The van der Waals surface area contributed by atoms with Crippen LogP contribution in [0.5, 0.6) is 11.6 Å². The maximum atomic E-state index is 13.1. The van der Waals surface area contributed by atoms with Gasteiger partial charge in [0.25, 0.3) is 0 Å². The molecule has 0 aliphatic rings. The minimum atomic E-state index is -0.323. The SMILES string of the molecule is CC(C)(C)c1cc(Oc2ccc(F)cc2)nc(SCc2ccc(F)cc2)n1. The van der Waals surface area contributed by atoms with E-state index >= 15 is 0 Å². The van der Waals surface area contributed by atoms with Crippen LogP contribution in [-0.2, 0) is 11.2 Å². The fourth-order valence-corrected chi connectivity index (χ4v) is 3.06. The molecule has 0 amide bonds. The summed E-state index contributed by atoms with van der Waals surface area (Å²) in [6.45, 7) is 6.18. The van der Waals surface area contributed by atoms with Crippen LogP contribution in [0.25, 0.3) is 0 Å². The Morgan fingerprint density at radius 2 is 1.48 bits per heavy atom. The molecule has 0 N–H and O–H groups in total. The van der Waals surface area contributed by atoms with Crippen LogP contribution in [-0.4, -0.2) is 9.97 Å². The molecule has 0 fully saturated rings. The van der Waals surface area contributed by atoms with Crippen molar-refractivity contribution in [3.63, 3.8) is 0 Å². The van der Waals surface area contributed by atoms with E-state index in [-0.39, 0.29) is 17.0 Å². The van der Waals surface area contributed by atoms with E-state index in [9.17, 15) is 8.78 Å². The number of benzene rings is 2. The molecule has 2 aromatic carbocycles. The van der Waals surface area contributed by atoms with E-state index in [0.29, 0.717) is 22.5 Å². The topological polar surface area (TPSA) is 35.0 Å². The van der Waals surface area contributed by atoms with Gasteiger partial charge in [0.15, 0.2) is 5.16 Å². The molecule has 0 atom stereocenters. The number of rotatable bonds is 5. The summed E-state index contributed by atoms with van der Waals surface area (Å²) < 4.78 is 31.9. The lowest BCUT2D eigenvalue weighted by Gasteiger charge is -2.19. The molecule has 0 bridgehead atoms. The number of nitrogens with zero attached hydrogens (tertiary/aromatic N) is 2. The van der Waals surface area contributed by atoms with Crippen LogP contribution in [0.3, 0.4) is 0 Å². The number of aromatic nitrogens is 2. The van der Waals surface area contributed by atoms with Crippen molar-refractivity contribution in [1.82, 2.24) is 9.97 Å².